The predicted octanol–water partition coefficient (Wildman–Crippen LogP) is 3.39. The Bertz CT molecular complexity index is 459. The topological polar surface area (TPSA) is 45.9 Å². The van der Waals surface area contributed by atoms with E-state index in [9.17, 15) is 13.2 Å². The highest BCUT2D eigenvalue weighted by molar-refractivity contribution is 14.1. The molecule has 0 bridgehead atoms. The Labute approximate surface area is 114 Å². The molecule has 8 heteroatoms. The number of hydrogen-bond acceptors (Lipinski definition) is 3. The molecule has 1 aromatic rings. The third-order valence-corrected chi connectivity index (χ3v) is 3.00. The van der Waals surface area contributed by atoms with E-state index in [0.29, 0.717) is 9.13 Å². The predicted molar refractivity (Wildman–Crippen MR) is 62.5 cm³/mol. The number of pyridine rings is 1. The Balaban J connectivity index is 3.24. The lowest BCUT2D eigenvalue weighted by Gasteiger charge is -2.14. The van der Waals surface area contributed by atoms with Crippen LogP contribution in [-0.2, 0) is 12.3 Å². The maximum atomic E-state index is 12.1. The van der Waals surface area contributed by atoms with E-state index in [1.165, 1.54) is 6.20 Å². The van der Waals surface area contributed by atoms with Crippen molar-refractivity contribution in [2.24, 2.45) is 0 Å². The Morgan fingerprint density at radius 1 is 1.47 bits per heavy atom. The molecule has 0 spiro atoms. The van der Waals surface area contributed by atoms with Gasteiger partial charge in [-0.2, -0.15) is 5.26 Å². The number of hydrogen-bond donors (Lipinski definition) is 0. The first-order valence-corrected chi connectivity index (χ1v) is 5.85. The van der Waals surface area contributed by atoms with Gasteiger partial charge >= 0.3 is 6.36 Å². The number of nitriles is 1. The molecule has 0 unspecified atom stereocenters. The summed E-state index contributed by atoms with van der Waals surface area (Å²) in [6.07, 6.45) is -3.66. The molecule has 0 saturated carbocycles. The molecule has 3 nitrogen and oxygen atoms in total. The van der Waals surface area contributed by atoms with E-state index < -0.39 is 12.2 Å². The Hall–Kier alpha value is -0.750. The summed E-state index contributed by atoms with van der Waals surface area (Å²) in [6, 6.07) is 1.86. The fraction of sp³-hybridized carbons (Fsp3) is 0.333. The highest BCUT2D eigenvalue weighted by Gasteiger charge is 2.33. The summed E-state index contributed by atoms with van der Waals surface area (Å²) in [4.78, 5) is 3.53. The van der Waals surface area contributed by atoms with Gasteiger partial charge < -0.3 is 4.74 Å². The van der Waals surface area contributed by atoms with E-state index >= 15 is 0 Å². The lowest BCUT2D eigenvalue weighted by Crippen LogP contribution is -2.19. The Kier molecular flexibility index (Phi) is 4.82. The van der Waals surface area contributed by atoms with Crippen molar-refractivity contribution in [3.63, 3.8) is 0 Å². The van der Waals surface area contributed by atoms with Gasteiger partial charge in [0.05, 0.1) is 18.4 Å². The maximum absolute atomic E-state index is 12.1. The second-order valence-corrected chi connectivity index (χ2v) is 4.31. The van der Waals surface area contributed by atoms with Crippen LogP contribution < -0.4 is 4.74 Å². The molecule has 0 aromatic carbocycles. The number of halogens is 5. The molecular weight excluding hydrogens is 371 g/mol. The molecular formula is C9H5ClF3IN2O. The van der Waals surface area contributed by atoms with Gasteiger partial charge in [0.1, 0.15) is 0 Å². The molecule has 17 heavy (non-hydrogen) atoms. The van der Waals surface area contributed by atoms with E-state index in [4.69, 9.17) is 16.9 Å². The maximum Gasteiger partial charge on any atom is 0.574 e. The standard InChI is InChI=1S/C9H5ClF3IN2O/c10-3-6-5(1-2-15)7(14)4-16-8(6)17-9(11,12)13/h4H,1,3H2. The van der Waals surface area contributed by atoms with Crippen molar-refractivity contribution in [3.8, 4) is 11.9 Å². The number of rotatable bonds is 3. The molecule has 0 amide bonds. The molecule has 0 aliphatic rings. The molecule has 1 heterocycles. The van der Waals surface area contributed by atoms with Crippen LogP contribution in [0.15, 0.2) is 6.20 Å². The number of ether oxygens (including phenoxy) is 1. The summed E-state index contributed by atoms with van der Waals surface area (Å²) in [5, 5.41) is 8.61. The van der Waals surface area contributed by atoms with Crippen LogP contribution in [0.2, 0.25) is 0 Å². The summed E-state index contributed by atoms with van der Waals surface area (Å²) in [6.45, 7) is 0. The second kappa shape index (κ2) is 5.73. The van der Waals surface area contributed by atoms with Crippen molar-refractivity contribution < 1.29 is 17.9 Å². The van der Waals surface area contributed by atoms with Crippen molar-refractivity contribution in [1.82, 2.24) is 4.98 Å². The first-order chi connectivity index (χ1) is 7.89. The number of aromatic nitrogens is 1. The van der Waals surface area contributed by atoms with Gasteiger partial charge in [-0.25, -0.2) is 4.98 Å². The summed E-state index contributed by atoms with van der Waals surface area (Å²) < 4.78 is 40.6. The van der Waals surface area contributed by atoms with Gasteiger partial charge in [-0.05, 0) is 28.2 Å². The number of alkyl halides is 4. The van der Waals surface area contributed by atoms with E-state index in [-0.39, 0.29) is 17.9 Å². The Morgan fingerprint density at radius 3 is 2.59 bits per heavy atom. The first kappa shape index (κ1) is 14.3. The third-order valence-electron chi connectivity index (χ3n) is 1.81. The minimum atomic E-state index is -4.83. The summed E-state index contributed by atoms with van der Waals surface area (Å²) >= 11 is 7.45. The lowest BCUT2D eigenvalue weighted by molar-refractivity contribution is -0.276. The molecule has 0 saturated heterocycles. The van der Waals surface area contributed by atoms with Crippen molar-refractivity contribution in [2.45, 2.75) is 18.7 Å². The monoisotopic (exact) mass is 376 g/mol. The molecule has 0 fully saturated rings. The van der Waals surface area contributed by atoms with Gasteiger partial charge in [-0.3, -0.25) is 0 Å². The largest absolute Gasteiger partial charge is 0.574 e. The zero-order valence-corrected chi connectivity index (χ0v) is 11.1. The molecule has 92 valence electrons. The highest BCUT2D eigenvalue weighted by Crippen LogP contribution is 2.30. The van der Waals surface area contributed by atoms with Crippen LogP contribution >= 0.6 is 34.2 Å². The van der Waals surface area contributed by atoms with Crippen molar-refractivity contribution in [3.05, 3.63) is 20.9 Å². The van der Waals surface area contributed by atoms with Crippen LogP contribution in [-0.4, -0.2) is 11.3 Å². The van der Waals surface area contributed by atoms with Crippen molar-refractivity contribution in [2.75, 3.05) is 0 Å². The van der Waals surface area contributed by atoms with Crippen LogP contribution in [0.5, 0.6) is 5.88 Å². The third kappa shape index (κ3) is 3.89. The van der Waals surface area contributed by atoms with E-state index in [0.717, 1.165) is 0 Å². The lowest BCUT2D eigenvalue weighted by atomic mass is 10.1. The fourth-order valence-corrected chi connectivity index (χ4v) is 2.08. The zero-order valence-electron chi connectivity index (χ0n) is 8.18. The molecule has 1 rings (SSSR count). The van der Waals surface area contributed by atoms with Gasteiger partial charge in [0.15, 0.2) is 0 Å². The Morgan fingerprint density at radius 2 is 2.12 bits per heavy atom. The fourth-order valence-electron chi connectivity index (χ4n) is 1.15. The number of nitrogens with zero attached hydrogens (tertiary/aromatic N) is 2. The van der Waals surface area contributed by atoms with E-state index in [2.05, 4.69) is 9.72 Å². The second-order valence-electron chi connectivity index (χ2n) is 2.88. The summed E-state index contributed by atoms with van der Waals surface area (Å²) in [7, 11) is 0. The van der Waals surface area contributed by atoms with Crippen LogP contribution in [0.1, 0.15) is 11.1 Å². The minimum absolute atomic E-state index is 0.0446. The molecule has 1 aromatic heterocycles. The summed E-state index contributed by atoms with van der Waals surface area (Å²) in [5.41, 5.74) is 0.509. The average Bonchev–Trinajstić information content (AvgIpc) is 2.21. The van der Waals surface area contributed by atoms with Gasteiger partial charge in [0, 0.05) is 15.3 Å². The SMILES string of the molecule is N#CCc1c(I)cnc(OC(F)(F)F)c1CCl. The van der Waals surface area contributed by atoms with Crippen LogP contribution in [0.3, 0.4) is 0 Å². The van der Waals surface area contributed by atoms with Gasteiger partial charge in [0.25, 0.3) is 0 Å². The summed E-state index contributed by atoms with van der Waals surface area (Å²) in [5.74, 6) is -0.801. The normalized spacial score (nSPS) is 11.1. The zero-order chi connectivity index (χ0) is 13.1. The van der Waals surface area contributed by atoms with Gasteiger partial charge in [-0.15, -0.1) is 24.8 Å². The quantitative estimate of drug-likeness (QED) is 0.600. The van der Waals surface area contributed by atoms with E-state index in [1.807, 2.05) is 28.7 Å². The van der Waals surface area contributed by atoms with Crippen molar-refractivity contribution >= 4 is 34.2 Å². The van der Waals surface area contributed by atoms with Crippen LogP contribution in [0.4, 0.5) is 13.2 Å². The minimum Gasteiger partial charge on any atom is -0.388 e. The van der Waals surface area contributed by atoms with Gasteiger partial charge in [0.2, 0.25) is 5.88 Å². The molecule has 0 radical (unpaired) electrons. The van der Waals surface area contributed by atoms with Crippen molar-refractivity contribution in [1.29, 1.82) is 5.26 Å². The molecule has 0 aliphatic carbocycles. The van der Waals surface area contributed by atoms with Crippen LogP contribution in [0.25, 0.3) is 0 Å². The average molecular weight is 377 g/mol. The van der Waals surface area contributed by atoms with Gasteiger partial charge in [-0.1, -0.05) is 0 Å². The first-order valence-electron chi connectivity index (χ1n) is 4.24. The molecule has 0 atom stereocenters. The van der Waals surface area contributed by atoms with Crippen LogP contribution in [0, 0.1) is 14.9 Å². The molecule has 0 N–H and O–H groups in total. The molecule has 0 aliphatic heterocycles. The smallest absolute Gasteiger partial charge is 0.388 e. The van der Waals surface area contributed by atoms with E-state index in [1.54, 1.807) is 0 Å². The highest BCUT2D eigenvalue weighted by atomic mass is 127.